The van der Waals surface area contributed by atoms with E-state index in [4.69, 9.17) is 14.7 Å². The number of nitrogens with zero attached hydrogens (tertiary/aromatic N) is 1. The Bertz CT molecular complexity index is 853. The zero-order valence-electron chi connectivity index (χ0n) is 14.0. The average Bonchev–Trinajstić information content (AvgIpc) is 2.66. The van der Waals surface area contributed by atoms with Crippen LogP contribution in [0.1, 0.15) is 27.1 Å². The standard InChI is InChI=1S/C19H16N2O5/c1-25-17-5-3-2-4-15(17)16(22)12-26-19(24)13-6-8-14(9-7-13)21-18(23)10-11-20/h2-9H,10,12H2,1H3,(H,21,23). The summed E-state index contributed by atoms with van der Waals surface area (Å²) in [7, 11) is 1.45. The number of methoxy groups -OCH3 is 1. The van der Waals surface area contributed by atoms with Gasteiger partial charge in [-0.1, -0.05) is 12.1 Å². The number of Topliss-reactive ketones (excluding diaryl/α,β-unsaturated/α-hetero) is 1. The minimum atomic E-state index is -0.664. The van der Waals surface area contributed by atoms with Crippen LogP contribution in [0, 0.1) is 11.3 Å². The lowest BCUT2D eigenvalue weighted by molar-refractivity contribution is -0.115. The molecule has 0 spiro atoms. The van der Waals surface area contributed by atoms with Gasteiger partial charge in [-0.05, 0) is 36.4 Å². The van der Waals surface area contributed by atoms with Gasteiger partial charge in [-0.2, -0.15) is 5.26 Å². The molecule has 0 saturated heterocycles. The lowest BCUT2D eigenvalue weighted by Gasteiger charge is -2.08. The average molecular weight is 352 g/mol. The fourth-order valence-electron chi connectivity index (χ4n) is 2.13. The number of benzene rings is 2. The van der Waals surface area contributed by atoms with Crippen molar-refractivity contribution in [3.8, 4) is 11.8 Å². The van der Waals surface area contributed by atoms with E-state index >= 15 is 0 Å². The number of nitriles is 1. The van der Waals surface area contributed by atoms with Gasteiger partial charge in [-0.25, -0.2) is 4.79 Å². The number of hydrogen-bond acceptors (Lipinski definition) is 6. The zero-order chi connectivity index (χ0) is 18.9. The first-order chi connectivity index (χ1) is 12.5. The summed E-state index contributed by atoms with van der Waals surface area (Å²) in [5.41, 5.74) is 1.02. The summed E-state index contributed by atoms with van der Waals surface area (Å²) in [5.74, 6) is -1.07. The molecule has 2 aromatic carbocycles. The van der Waals surface area contributed by atoms with E-state index in [2.05, 4.69) is 5.32 Å². The zero-order valence-corrected chi connectivity index (χ0v) is 14.0. The van der Waals surface area contributed by atoms with E-state index in [1.54, 1.807) is 30.3 Å². The topological polar surface area (TPSA) is 105 Å². The number of rotatable bonds is 7. The molecule has 0 aliphatic heterocycles. The summed E-state index contributed by atoms with van der Waals surface area (Å²) in [5, 5.41) is 11.0. The molecule has 0 aliphatic rings. The second-order valence-corrected chi connectivity index (χ2v) is 5.16. The quantitative estimate of drug-likeness (QED) is 0.606. The van der Waals surface area contributed by atoms with Crippen molar-refractivity contribution < 1.29 is 23.9 Å². The van der Waals surface area contributed by atoms with Gasteiger partial charge < -0.3 is 14.8 Å². The molecule has 0 fully saturated rings. The van der Waals surface area contributed by atoms with Gasteiger partial charge in [0, 0.05) is 5.69 Å². The highest BCUT2D eigenvalue weighted by Gasteiger charge is 2.15. The molecule has 1 amide bonds. The molecule has 132 valence electrons. The van der Waals surface area contributed by atoms with E-state index in [9.17, 15) is 14.4 Å². The molecular weight excluding hydrogens is 336 g/mol. The smallest absolute Gasteiger partial charge is 0.338 e. The number of ether oxygens (including phenoxy) is 2. The molecule has 0 heterocycles. The highest BCUT2D eigenvalue weighted by Crippen LogP contribution is 2.18. The predicted octanol–water partition coefficient (Wildman–Crippen LogP) is 2.59. The van der Waals surface area contributed by atoms with Crippen LogP contribution in [0.2, 0.25) is 0 Å². The van der Waals surface area contributed by atoms with Crippen LogP contribution in [0.3, 0.4) is 0 Å². The molecule has 0 radical (unpaired) electrons. The molecule has 7 nitrogen and oxygen atoms in total. The third kappa shape index (κ3) is 4.92. The summed E-state index contributed by atoms with van der Waals surface area (Å²) < 4.78 is 10.1. The van der Waals surface area contributed by atoms with Crippen LogP contribution < -0.4 is 10.1 Å². The SMILES string of the molecule is COc1ccccc1C(=O)COC(=O)c1ccc(NC(=O)CC#N)cc1. The number of esters is 1. The summed E-state index contributed by atoms with van der Waals surface area (Å²) in [6.07, 6.45) is -0.255. The molecule has 7 heteroatoms. The molecule has 2 rings (SSSR count). The molecule has 0 bridgehead atoms. The third-order valence-corrected chi connectivity index (χ3v) is 3.39. The number of ketones is 1. The highest BCUT2D eigenvalue weighted by atomic mass is 16.5. The minimum absolute atomic E-state index is 0.233. The Kier molecular flexibility index (Phi) is 6.46. The molecule has 0 aromatic heterocycles. The summed E-state index contributed by atoms with van der Waals surface area (Å²) in [4.78, 5) is 35.5. The predicted molar refractivity (Wildman–Crippen MR) is 92.9 cm³/mol. The first-order valence-electron chi connectivity index (χ1n) is 7.65. The number of carbonyl (C=O) groups is 3. The molecule has 0 saturated carbocycles. The van der Waals surface area contributed by atoms with Gasteiger partial charge in [0.25, 0.3) is 0 Å². The summed E-state index contributed by atoms with van der Waals surface area (Å²) in [6, 6.07) is 14.3. The number of para-hydroxylation sites is 1. The second-order valence-electron chi connectivity index (χ2n) is 5.16. The Balaban J connectivity index is 1.94. The van der Waals surface area contributed by atoms with Crippen molar-refractivity contribution in [1.82, 2.24) is 0 Å². The van der Waals surface area contributed by atoms with Crippen molar-refractivity contribution >= 4 is 23.3 Å². The largest absolute Gasteiger partial charge is 0.496 e. The van der Waals surface area contributed by atoms with Gasteiger partial charge in [0.05, 0.1) is 24.3 Å². The Labute approximate surface area is 150 Å². The molecule has 1 N–H and O–H groups in total. The maximum absolute atomic E-state index is 12.2. The van der Waals surface area contributed by atoms with Crippen LogP contribution in [0.4, 0.5) is 5.69 Å². The van der Waals surface area contributed by atoms with Crippen molar-refractivity contribution in [3.05, 3.63) is 59.7 Å². The highest BCUT2D eigenvalue weighted by molar-refractivity contribution is 6.01. The van der Waals surface area contributed by atoms with Crippen molar-refractivity contribution in [2.24, 2.45) is 0 Å². The second kappa shape index (κ2) is 8.99. The Morgan fingerprint density at radius 1 is 1.08 bits per heavy atom. The maximum atomic E-state index is 12.2. The van der Waals surface area contributed by atoms with Gasteiger partial charge in [0.2, 0.25) is 11.7 Å². The lowest BCUT2D eigenvalue weighted by atomic mass is 10.1. The number of anilines is 1. The molecule has 26 heavy (non-hydrogen) atoms. The first kappa shape index (κ1) is 18.7. The minimum Gasteiger partial charge on any atom is -0.496 e. The third-order valence-electron chi connectivity index (χ3n) is 3.39. The van der Waals surface area contributed by atoms with Crippen molar-refractivity contribution in [1.29, 1.82) is 5.26 Å². The Morgan fingerprint density at radius 3 is 2.42 bits per heavy atom. The van der Waals surface area contributed by atoms with E-state index in [1.165, 1.54) is 31.4 Å². The normalized spacial score (nSPS) is 9.69. The van der Waals surface area contributed by atoms with Crippen molar-refractivity contribution in [2.45, 2.75) is 6.42 Å². The van der Waals surface area contributed by atoms with E-state index < -0.39 is 18.5 Å². The van der Waals surface area contributed by atoms with Crippen LogP contribution in [-0.2, 0) is 9.53 Å². The molecule has 2 aromatic rings. The van der Waals surface area contributed by atoms with E-state index in [-0.39, 0.29) is 17.8 Å². The molecule has 0 atom stereocenters. The monoisotopic (exact) mass is 352 g/mol. The van der Waals surface area contributed by atoms with Gasteiger partial charge in [0.15, 0.2) is 6.61 Å². The van der Waals surface area contributed by atoms with Gasteiger partial charge in [-0.15, -0.1) is 0 Å². The van der Waals surface area contributed by atoms with E-state index in [1.807, 2.05) is 0 Å². The van der Waals surface area contributed by atoms with E-state index in [0.29, 0.717) is 17.0 Å². The van der Waals surface area contributed by atoms with Crippen LogP contribution in [0.5, 0.6) is 5.75 Å². The number of nitrogens with one attached hydrogen (secondary N) is 1. The van der Waals surface area contributed by atoms with Crippen molar-refractivity contribution in [2.75, 3.05) is 19.0 Å². The Morgan fingerprint density at radius 2 is 1.77 bits per heavy atom. The number of hydrogen-bond donors (Lipinski definition) is 1. The van der Waals surface area contributed by atoms with Gasteiger partial charge in [-0.3, -0.25) is 9.59 Å². The summed E-state index contributed by atoms with van der Waals surface area (Å²) >= 11 is 0. The lowest BCUT2D eigenvalue weighted by Crippen LogP contribution is -2.15. The fraction of sp³-hybridized carbons (Fsp3) is 0.158. The van der Waals surface area contributed by atoms with Crippen LogP contribution in [0.25, 0.3) is 0 Å². The van der Waals surface area contributed by atoms with Crippen LogP contribution >= 0.6 is 0 Å². The number of carbonyl (C=O) groups excluding carboxylic acids is 3. The number of amides is 1. The van der Waals surface area contributed by atoms with Gasteiger partial charge >= 0.3 is 5.97 Å². The summed E-state index contributed by atoms with van der Waals surface area (Å²) in [6.45, 7) is -0.417. The Hall–Kier alpha value is -3.66. The molecule has 0 unspecified atom stereocenters. The van der Waals surface area contributed by atoms with E-state index in [0.717, 1.165) is 0 Å². The first-order valence-corrected chi connectivity index (χ1v) is 7.65. The molecular formula is C19H16N2O5. The fourth-order valence-corrected chi connectivity index (χ4v) is 2.13. The van der Waals surface area contributed by atoms with Crippen LogP contribution in [0.15, 0.2) is 48.5 Å². The van der Waals surface area contributed by atoms with Gasteiger partial charge in [0.1, 0.15) is 12.2 Å². The van der Waals surface area contributed by atoms with Crippen molar-refractivity contribution in [3.63, 3.8) is 0 Å². The molecule has 0 aliphatic carbocycles. The van der Waals surface area contributed by atoms with Crippen LogP contribution in [-0.4, -0.2) is 31.4 Å². The maximum Gasteiger partial charge on any atom is 0.338 e.